The Kier molecular flexibility index (Phi) is 6.03. The first-order valence-electron chi connectivity index (χ1n) is 5.69. The van der Waals surface area contributed by atoms with Gasteiger partial charge < -0.3 is 10.0 Å². The molecule has 1 rings (SSSR count). The van der Waals surface area contributed by atoms with Gasteiger partial charge in [-0.05, 0) is 32.3 Å². The van der Waals surface area contributed by atoms with Gasteiger partial charge in [-0.1, -0.05) is 29.8 Å². The smallest absolute Gasteiger partial charge is 0.132 e. The molecule has 0 aromatic rings. The molecule has 0 aromatic heterocycles. The molecule has 5 heteroatoms. The molecule has 0 amide bonds. The van der Waals surface area contributed by atoms with E-state index in [9.17, 15) is 0 Å². The van der Waals surface area contributed by atoms with Crippen LogP contribution in [0.5, 0.6) is 0 Å². The first-order chi connectivity index (χ1) is 8.04. The Hall–Kier alpha value is -0.510. The average molecular weight is 277 g/mol. The number of hydrogen-bond acceptors (Lipinski definition) is 3. The topological polar surface area (TPSA) is 35.8 Å². The lowest BCUT2D eigenvalue weighted by Crippen LogP contribution is -2.26. The van der Waals surface area contributed by atoms with Crippen LogP contribution in [0.2, 0.25) is 0 Å². The van der Waals surface area contributed by atoms with Crippen molar-refractivity contribution < 1.29 is 5.11 Å². The molecule has 0 saturated heterocycles. The second-order valence-corrected chi connectivity index (χ2v) is 4.92. The predicted octanol–water partition coefficient (Wildman–Crippen LogP) is 3.08. The van der Waals surface area contributed by atoms with Gasteiger partial charge in [0.05, 0.1) is 0 Å². The van der Waals surface area contributed by atoms with Crippen molar-refractivity contribution in [2.45, 2.75) is 32.2 Å². The Bertz CT molecular complexity index is 335. The lowest BCUT2D eigenvalue weighted by Gasteiger charge is -2.24. The summed E-state index contributed by atoms with van der Waals surface area (Å²) in [7, 11) is 0. The van der Waals surface area contributed by atoms with Crippen LogP contribution in [0, 0.1) is 0 Å². The van der Waals surface area contributed by atoms with E-state index in [1.165, 1.54) is 12.8 Å². The highest BCUT2D eigenvalue weighted by Crippen LogP contribution is 2.30. The minimum Gasteiger partial charge on any atom is -0.396 e. The van der Waals surface area contributed by atoms with Gasteiger partial charge in [-0.25, -0.2) is 4.99 Å². The molecule has 1 fully saturated rings. The summed E-state index contributed by atoms with van der Waals surface area (Å²) in [5.41, 5.74) is 1.05. The molecule has 0 aliphatic heterocycles. The first-order valence-corrected chi connectivity index (χ1v) is 6.44. The molecule has 96 valence electrons. The summed E-state index contributed by atoms with van der Waals surface area (Å²) in [6.45, 7) is 6.50. The largest absolute Gasteiger partial charge is 0.396 e. The van der Waals surface area contributed by atoms with E-state index in [1.807, 2.05) is 6.92 Å². The number of nitrogens with zero attached hydrogens (tertiary/aromatic N) is 2. The molecule has 17 heavy (non-hydrogen) atoms. The van der Waals surface area contributed by atoms with Crippen molar-refractivity contribution in [3.63, 3.8) is 0 Å². The molecule has 0 atom stereocenters. The van der Waals surface area contributed by atoms with Gasteiger partial charge in [-0.15, -0.1) is 0 Å². The Labute approximate surface area is 112 Å². The molecule has 0 bridgehead atoms. The molecule has 1 N–H and O–H groups in total. The fourth-order valence-corrected chi connectivity index (χ4v) is 2.07. The van der Waals surface area contributed by atoms with Crippen LogP contribution < -0.4 is 0 Å². The first kappa shape index (κ1) is 14.6. The third-order valence-electron chi connectivity index (χ3n) is 2.55. The lowest BCUT2D eigenvalue weighted by atomic mass is 10.3. The monoisotopic (exact) mass is 276 g/mol. The zero-order valence-corrected chi connectivity index (χ0v) is 11.5. The zero-order chi connectivity index (χ0) is 12.8. The van der Waals surface area contributed by atoms with Gasteiger partial charge in [-0.2, -0.15) is 0 Å². The van der Waals surface area contributed by atoms with Crippen LogP contribution in [-0.2, 0) is 0 Å². The fourth-order valence-electron chi connectivity index (χ4n) is 1.68. The maximum absolute atomic E-state index is 8.87. The van der Waals surface area contributed by atoms with E-state index in [1.54, 1.807) is 6.08 Å². The Morgan fingerprint density at radius 3 is 2.65 bits per heavy atom. The minimum atomic E-state index is 0.174. The molecular formula is C12H18Cl2N2O. The Morgan fingerprint density at radius 2 is 2.18 bits per heavy atom. The van der Waals surface area contributed by atoms with Gasteiger partial charge in [0.15, 0.2) is 0 Å². The van der Waals surface area contributed by atoms with Crippen molar-refractivity contribution in [1.82, 2.24) is 4.90 Å². The summed E-state index contributed by atoms with van der Waals surface area (Å²) >= 11 is 11.5. The van der Waals surface area contributed by atoms with Crippen LogP contribution in [0.25, 0.3) is 0 Å². The third-order valence-corrected chi connectivity index (χ3v) is 2.83. The molecule has 1 saturated carbocycles. The van der Waals surface area contributed by atoms with Crippen molar-refractivity contribution in [1.29, 1.82) is 0 Å². The van der Waals surface area contributed by atoms with Gasteiger partial charge in [0.2, 0.25) is 0 Å². The summed E-state index contributed by atoms with van der Waals surface area (Å²) in [5, 5.41) is 9.38. The number of halogens is 2. The van der Waals surface area contributed by atoms with E-state index in [2.05, 4.69) is 16.5 Å². The summed E-state index contributed by atoms with van der Waals surface area (Å²) in [4.78, 5) is 6.12. The van der Waals surface area contributed by atoms with Crippen molar-refractivity contribution in [2.24, 2.45) is 4.99 Å². The molecular weight excluding hydrogens is 259 g/mol. The summed E-state index contributed by atoms with van der Waals surface area (Å²) in [6, 6.07) is 0.585. The molecule has 3 nitrogen and oxygen atoms in total. The normalized spacial score (nSPS) is 17.2. The van der Waals surface area contributed by atoms with E-state index in [0.29, 0.717) is 11.2 Å². The summed E-state index contributed by atoms with van der Waals surface area (Å²) in [6.07, 6.45) is 4.95. The molecule has 0 radical (unpaired) electrons. The summed E-state index contributed by atoms with van der Waals surface area (Å²) in [5.74, 6) is 0. The maximum atomic E-state index is 8.87. The highest BCUT2D eigenvalue weighted by atomic mass is 35.5. The maximum Gasteiger partial charge on any atom is 0.132 e. The Balaban J connectivity index is 2.65. The second-order valence-electron chi connectivity index (χ2n) is 4.10. The van der Waals surface area contributed by atoms with Crippen molar-refractivity contribution >= 4 is 28.4 Å². The molecule has 0 heterocycles. The summed E-state index contributed by atoms with van der Waals surface area (Å²) < 4.78 is 0. The minimum absolute atomic E-state index is 0.174. The van der Waals surface area contributed by atoms with E-state index >= 15 is 0 Å². The van der Waals surface area contributed by atoms with Gasteiger partial charge in [0.25, 0.3) is 0 Å². The van der Waals surface area contributed by atoms with Crippen molar-refractivity contribution in [2.75, 3.05) is 13.2 Å². The van der Waals surface area contributed by atoms with Gasteiger partial charge in [-0.3, -0.25) is 0 Å². The quantitative estimate of drug-likeness (QED) is 0.573. The average Bonchev–Trinajstić information content (AvgIpc) is 3.00. The molecule has 0 aromatic carbocycles. The van der Waals surface area contributed by atoms with Crippen LogP contribution in [0.15, 0.2) is 28.5 Å². The number of aliphatic hydroxyl groups excluding tert-OH is 1. The van der Waals surface area contributed by atoms with Crippen LogP contribution in [0.1, 0.15) is 26.2 Å². The predicted molar refractivity (Wildman–Crippen MR) is 73.5 cm³/mol. The molecule has 0 unspecified atom stereocenters. The number of rotatable bonds is 7. The standard InChI is InChI=1S/C12H18Cl2N2O/c1-9(8-12(14)15-10(2)13)16(6-3-7-17)11-4-5-11/h8,11,17H,2-7H2,1H3/b9-8+,15-12+. The van der Waals surface area contributed by atoms with E-state index in [4.69, 9.17) is 28.3 Å². The number of aliphatic imine (C=N–C) groups is 1. The highest BCUT2D eigenvalue weighted by Gasteiger charge is 2.28. The number of allylic oxidation sites excluding steroid dienone is 2. The number of aliphatic hydroxyl groups is 1. The highest BCUT2D eigenvalue weighted by molar-refractivity contribution is 6.68. The van der Waals surface area contributed by atoms with Gasteiger partial charge in [0, 0.05) is 24.9 Å². The Morgan fingerprint density at radius 1 is 1.53 bits per heavy atom. The fraction of sp³-hybridized carbons (Fsp3) is 0.583. The van der Waals surface area contributed by atoms with Gasteiger partial charge in [0.1, 0.15) is 10.3 Å². The van der Waals surface area contributed by atoms with Crippen molar-refractivity contribution in [3.05, 3.63) is 23.5 Å². The third kappa shape index (κ3) is 5.57. The molecule has 0 spiro atoms. The number of hydrogen-bond donors (Lipinski definition) is 1. The SMILES string of the molecule is C=C(Cl)/N=C(Cl)\C=C(/C)N(CCCO)C1CC1. The van der Waals surface area contributed by atoms with E-state index in [-0.39, 0.29) is 11.8 Å². The van der Waals surface area contributed by atoms with Crippen LogP contribution in [-0.4, -0.2) is 34.4 Å². The van der Waals surface area contributed by atoms with Crippen molar-refractivity contribution in [3.8, 4) is 0 Å². The molecule has 1 aliphatic carbocycles. The van der Waals surface area contributed by atoms with Crippen LogP contribution >= 0.6 is 23.2 Å². The van der Waals surface area contributed by atoms with Crippen LogP contribution in [0.4, 0.5) is 0 Å². The lowest BCUT2D eigenvalue weighted by molar-refractivity contribution is 0.248. The van der Waals surface area contributed by atoms with E-state index in [0.717, 1.165) is 18.7 Å². The van der Waals surface area contributed by atoms with Crippen LogP contribution in [0.3, 0.4) is 0 Å². The zero-order valence-electron chi connectivity index (χ0n) is 9.99. The van der Waals surface area contributed by atoms with Gasteiger partial charge >= 0.3 is 0 Å². The van der Waals surface area contributed by atoms with E-state index < -0.39 is 0 Å². The second kappa shape index (κ2) is 7.04. The molecule has 1 aliphatic rings.